The molecule has 1 aliphatic heterocycles. The molecule has 0 aliphatic carbocycles. The van der Waals surface area contributed by atoms with Crippen LogP contribution in [0.3, 0.4) is 0 Å². The molecule has 1 atom stereocenters. The molecule has 1 aliphatic rings. The molecular weight excluding hydrogens is 354 g/mol. The van der Waals surface area contributed by atoms with Gasteiger partial charge >= 0.3 is 0 Å². The van der Waals surface area contributed by atoms with Crippen LogP contribution in [-0.2, 0) is 16.0 Å². The largest absolute Gasteiger partial charge is 0.382 e. The lowest BCUT2D eigenvalue weighted by Gasteiger charge is -2.21. The summed E-state index contributed by atoms with van der Waals surface area (Å²) in [5, 5.41) is 7.69. The van der Waals surface area contributed by atoms with Gasteiger partial charge in [0.15, 0.2) is 5.96 Å². The molecule has 1 fully saturated rings. The lowest BCUT2D eigenvalue weighted by atomic mass is 10.1. The molecule has 1 unspecified atom stereocenters. The average molecular weight is 386 g/mol. The van der Waals surface area contributed by atoms with Gasteiger partial charge in [0.1, 0.15) is 0 Å². The summed E-state index contributed by atoms with van der Waals surface area (Å²) in [5.41, 5.74) is 2.24. The molecule has 0 spiro atoms. The van der Waals surface area contributed by atoms with Crippen molar-refractivity contribution in [2.45, 2.75) is 19.9 Å². The summed E-state index contributed by atoms with van der Waals surface area (Å²) in [5.74, 6) is 1.53. The van der Waals surface area contributed by atoms with E-state index in [4.69, 9.17) is 14.5 Å². The van der Waals surface area contributed by atoms with Gasteiger partial charge in [-0.1, -0.05) is 12.1 Å². The number of methoxy groups -OCH3 is 1. The summed E-state index contributed by atoms with van der Waals surface area (Å²) in [4.78, 5) is 7.19. The fourth-order valence-electron chi connectivity index (χ4n) is 3.32. The van der Waals surface area contributed by atoms with Gasteiger partial charge in [-0.05, 0) is 37.1 Å². The van der Waals surface area contributed by atoms with E-state index in [1.807, 2.05) is 16.9 Å². The second-order valence-electron chi connectivity index (χ2n) is 6.96. The number of aromatic nitrogens is 2. The molecule has 152 valence electrons. The molecule has 1 saturated heterocycles. The Hall–Kier alpha value is -2.38. The normalized spacial score (nSPS) is 17.3. The summed E-state index contributed by atoms with van der Waals surface area (Å²) in [7, 11) is 1.70. The van der Waals surface area contributed by atoms with E-state index in [-0.39, 0.29) is 0 Å². The van der Waals surface area contributed by atoms with Crippen LogP contribution in [0.4, 0.5) is 0 Å². The van der Waals surface area contributed by atoms with Gasteiger partial charge in [0.25, 0.3) is 0 Å². The van der Waals surface area contributed by atoms with E-state index in [0.29, 0.717) is 25.7 Å². The van der Waals surface area contributed by atoms with Crippen LogP contribution in [0.5, 0.6) is 0 Å². The number of likely N-dealkylation sites (tertiary alicyclic amines) is 1. The lowest BCUT2D eigenvalue weighted by molar-refractivity contribution is 0.0536. The number of nitrogens with zero attached hydrogens (tertiary/aromatic N) is 4. The zero-order chi connectivity index (χ0) is 19.6. The van der Waals surface area contributed by atoms with Crippen LogP contribution in [0.2, 0.25) is 0 Å². The Kier molecular flexibility index (Phi) is 7.87. The quantitative estimate of drug-likeness (QED) is 0.408. The van der Waals surface area contributed by atoms with Crippen molar-refractivity contribution in [3.63, 3.8) is 0 Å². The standard InChI is InChI=1S/C21H31N5O2/c1-3-22-21(25-12-9-19(16-25)17-28-14-13-27-2)23-15-18-5-7-20(8-6-18)26-11-4-10-24-26/h4-8,10-11,19H,3,9,12-17H2,1-2H3,(H,22,23). The van der Waals surface area contributed by atoms with E-state index < -0.39 is 0 Å². The van der Waals surface area contributed by atoms with Crippen LogP contribution in [0.25, 0.3) is 5.69 Å². The number of ether oxygens (including phenoxy) is 2. The van der Waals surface area contributed by atoms with Crippen molar-refractivity contribution in [1.29, 1.82) is 0 Å². The highest BCUT2D eigenvalue weighted by atomic mass is 16.5. The van der Waals surface area contributed by atoms with Crippen molar-refractivity contribution in [2.75, 3.05) is 46.6 Å². The minimum absolute atomic E-state index is 0.550. The van der Waals surface area contributed by atoms with Crippen LogP contribution < -0.4 is 5.32 Å². The Morgan fingerprint density at radius 3 is 2.86 bits per heavy atom. The summed E-state index contributed by atoms with van der Waals surface area (Å²) < 4.78 is 12.6. The zero-order valence-corrected chi connectivity index (χ0v) is 16.9. The van der Waals surface area contributed by atoms with E-state index in [1.54, 1.807) is 13.3 Å². The first-order valence-corrected chi connectivity index (χ1v) is 9.99. The van der Waals surface area contributed by atoms with Crippen LogP contribution in [-0.4, -0.2) is 67.2 Å². The summed E-state index contributed by atoms with van der Waals surface area (Å²) in [6, 6.07) is 10.3. The summed E-state index contributed by atoms with van der Waals surface area (Å²) >= 11 is 0. The third-order valence-electron chi connectivity index (χ3n) is 4.82. The summed E-state index contributed by atoms with van der Waals surface area (Å²) in [6.07, 6.45) is 4.86. The van der Waals surface area contributed by atoms with Crippen molar-refractivity contribution in [2.24, 2.45) is 10.9 Å². The first-order chi connectivity index (χ1) is 13.8. The van der Waals surface area contributed by atoms with Crippen LogP contribution in [0.1, 0.15) is 18.9 Å². The second-order valence-corrected chi connectivity index (χ2v) is 6.96. The van der Waals surface area contributed by atoms with E-state index in [2.05, 4.69) is 46.5 Å². The molecule has 28 heavy (non-hydrogen) atoms. The van der Waals surface area contributed by atoms with Crippen molar-refractivity contribution >= 4 is 5.96 Å². The average Bonchev–Trinajstić information content (AvgIpc) is 3.41. The molecular formula is C21H31N5O2. The topological polar surface area (TPSA) is 63.9 Å². The molecule has 7 nitrogen and oxygen atoms in total. The molecule has 7 heteroatoms. The third-order valence-corrected chi connectivity index (χ3v) is 4.82. The highest BCUT2D eigenvalue weighted by molar-refractivity contribution is 5.80. The van der Waals surface area contributed by atoms with Gasteiger partial charge < -0.3 is 19.7 Å². The van der Waals surface area contributed by atoms with Crippen molar-refractivity contribution in [3.8, 4) is 5.69 Å². The predicted octanol–water partition coefficient (Wildman–Crippen LogP) is 2.32. The fourth-order valence-corrected chi connectivity index (χ4v) is 3.32. The number of aliphatic imine (C=N–C) groups is 1. The van der Waals surface area contributed by atoms with E-state index in [9.17, 15) is 0 Å². The van der Waals surface area contributed by atoms with E-state index >= 15 is 0 Å². The Morgan fingerprint density at radius 2 is 2.14 bits per heavy atom. The number of benzene rings is 1. The minimum atomic E-state index is 0.550. The van der Waals surface area contributed by atoms with Gasteiger partial charge in [-0.25, -0.2) is 9.67 Å². The molecule has 0 bridgehead atoms. The van der Waals surface area contributed by atoms with E-state index in [1.165, 1.54) is 5.56 Å². The summed E-state index contributed by atoms with van der Waals surface area (Å²) in [6.45, 7) is 7.73. The monoisotopic (exact) mass is 385 g/mol. The van der Waals surface area contributed by atoms with Crippen molar-refractivity contribution in [3.05, 3.63) is 48.3 Å². The highest BCUT2D eigenvalue weighted by Crippen LogP contribution is 2.17. The van der Waals surface area contributed by atoms with Crippen LogP contribution in [0.15, 0.2) is 47.7 Å². The van der Waals surface area contributed by atoms with Gasteiger partial charge in [0.05, 0.1) is 32.1 Å². The maximum atomic E-state index is 5.70. The Morgan fingerprint density at radius 1 is 1.29 bits per heavy atom. The molecule has 3 rings (SSSR count). The number of nitrogens with one attached hydrogen (secondary N) is 1. The van der Waals surface area contributed by atoms with Gasteiger partial charge in [-0.15, -0.1) is 0 Å². The minimum Gasteiger partial charge on any atom is -0.382 e. The molecule has 0 radical (unpaired) electrons. The molecule has 2 heterocycles. The number of rotatable bonds is 9. The Balaban J connectivity index is 1.54. The smallest absolute Gasteiger partial charge is 0.194 e. The van der Waals surface area contributed by atoms with Gasteiger partial charge in [-0.2, -0.15) is 5.10 Å². The number of hydrogen-bond acceptors (Lipinski definition) is 4. The van der Waals surface area contributed by atoms with Gasteiger partial charge in [-0.3, -0.25) is 0 Å². The molecule has 0 saturated carbocycles. The Labute approximate surface area is 167 Å². The Bertz CT molecular complexity index is 715. The second kappa shape index (κ2) is 10.8. The number of guanidine groups is 1. The number of hydrogen-bond donors (Lipinski definition) is 1. The van der Waals surface area contributed by atoms with Crippen LogP contribution >= 0.6 is 0 Å². The van der Waals surface area contributed by atoms with Crippen molar-refractivity contribution in [1.82, 2.24) is 20.0 Å². The first-order valence-electron chi connectivity index (χ1n) is 9.99. The molecule has 2 aromatic rings. The maximum Gasteiger partial charge on any atom is 0.194 e. The molecule has 1 N–H and O–H groups in total. The predicted molar refractivity (Wildman–Crippen MR) is 111 cm³/mol. The maximum absolute atomic E-state index is 5.70. The van der Waals surface area contributed by atoms with E-state index in [0.717, 1.165) is 44.3 Å². The fraction of sp³-hybridized carbons (Fsp3) is 0.524. The zero-order valence-electron chi connectivity index (χ0n) is 16.9. The van der Waals surface area contributed by atoms with Crippen molar-refractivity contribution < 1.29 is 9.47 Å². The molecule has 0 amide bonds. The van der Waals surface area contributed by atoms with Gasteiger partial charge in [0.2, 0.25) is 0 Å². The third kappa shape index (κ3) is 5.81. The first kappa shape index (κ1) is 20.4. The van der Waals surface area contributed by atoms with Crippen LogP contribution in [0, 0.1) is 5.92 Å². The van der Waals surface area contributed by atoms with Gasteiger partial charge in [0, 0.05) is 45.1 Å². The highest BCUT2D eigenvalue weighted by Gasteiger charge is 2.24. The lowest BCUT2D eigenvalue weighted by Crippen LogP contribution is -2.40. The molecule has 1 aromatic carbocycles. The molecule has 1 aromatic heterocycles. The SMILES string of the molecule is CCNC(=NCc1ccc(-n2cccn2)cc1)N1CCC(COCCOC)C1.